The highest BCUT2D eigenvalue weighted by Crippen LogP contribution is 2.16. The fourth-order valence-electron chi connectivity index (χ4n) is 2.20. The Morgan fingerprint density at radius 1 is 1.25 bits per heavy atom. The summed E-state index contributed by atoms with van der Waals surface area (Å²) in [6, 6.07) is 9.38. The maximum absolute atomic E-state index is 12.0. The van der Waals surface area contributed by atoms with Crippen molar-refractivity contribution >= 4 is 39.3 Å². The highest BCUT2D eigenvalue weighted by Gasteiger charge is 2.07. The van der Waals surface area contributed by atoms with E-state index in [1.807, 2.05) is 36.7 Å². The molecular weight excluding hydrogens is 394 g/mol. The van der Waals surface area contributed by atoms with Crippen molar-refractivity contribution in [2.75, 3.05) is 5.32 Å². The van der Waals surface area contributed by atoms with Crippen LogP contribution in [0, 0.1) is 0 Å². The molecule has 0 aliphatic heterocycles. The Labute approximate surface area is 152 Å². The van der Waals surface area contributed by atoms with Gasteiger partial charge in [0, 0.05) is 36.4 Å². The molecule has 0 saturated heterocycles. The van der Waals surface area contributed by atoms with Crippen molar-refractivity contribution < 1.29 is 4.79 Å². The van der Waals surface area contributed by atoms with E-state index in [1.54, 1.807) is 21.6 Å². The summed E-state index contributed by atoms with van der Waals surface area (Å²) < 4.78 is 4.34. The lowest BCUT2D eigenvalue weighted by molar-refractivity contribution is -0.116. The summed E-state index contributed by atoms with van der Waals surface area (Å²) in [7, 11) is 0. The molecule has 2 aromatic heterocycles. The van der Waals surface area contributed by atoms with E-state index in [2.05, 4.69) is 31.4 Å². The third-order valence-corrected chi connectivity index (χ3v) is 4.15. The maximum Gasteiger partial charge on any atom is 0.227 e. The van der Waals surface area contributed by atoms with E-state index in [0.717, 1.165) is 10.0 Å². The number of aromatic nitrogens is 4. The van der Waals surface area contributed by atoms with Crippen LogP contribution in [0.4, 0.5) is 5.82 Å². The molecule has 3 rings (SSSR count). The number of benzene rings is 1. The van der Waals surface area contributed by atoms with E-state index in [-0.39, 0.29) is 5.91 Å². The van der Waals surface area contributed by atoms with Crippen LogP contribution in [0.15, 0.2) is 53.4 Å². The first-order valence-electron chi connectivity index (χ1n) is 7.35. The molecule has 0 radical (unpaired) electrons. The van der Waals surface area contributed by atoms with Crippen LogP contribution in [0.3, 0.4) is 0 Å². The lowest BCUT2D eigenvalue weighted by Gasteiger charge is -2.05. The topological polar surface area (TPSA) is 64.7 Å². The van der Waals surface area contributed by atoms with Crippen LogP contribution >= 0.6 is 27.5 Å². The van der Waals surface area contributed by atoms with Gasteiger partial charge >= 0.3 is 0 Å². The molecule has 0 aliphatic carbocycles. The van der Waals surface area contributed by atoms with Crippen LogP contribution in [0.5, 0.6) is 0 Å². The molecule has 0 fully saturated rings. The van der Waals surface area contributed by atoms with Crippen molar-refractivity contribution in [3.05, 3.63) is 64.0 Å². The first-order chi connectivity index (χ1) is 11.6. The maximum atomic E-state index is 12.0. The van der Waals surface area contributed by atoms with E-state index in [9.17, 15) is 4.79 Å². The van der Waals surface area contributed by atoms with Crippen LogP contribution < -0.4 is 5.32 Å². The van der Waals surface area contributed by atoms with Crippen molar-refractivity contribution in [3.63, 3.8) is 0 Å². The summed E-state index contributed by atoms with van der Waals surface area (Å²) in [5.41, 5.74) is 0.976. The van der Waals surface area contributed by atoms with Crippen molar-refractivity contribution in [2.45, 2.75) is 19.5 Å². The number of aryl methyl sites for hydroxylation is 1. The predicted molar refractivity (Wildman–Crippen MR) is 96.0 cm³/mol. The third kappa shape index (κ3) is 4.46. The number of carbonyl (C=O) groups excluding carboxylic acids is 1. The Morgan fingerprint density at radius 2 is 2.08 bits per heavy atom. The molecule has 0 bridgehead atoms. The summed E-state index contributed by atoms with van der Waals surface area (Å²) >= 11 is 9.47. The Bertz CT molecular complexity index is 844. The van der Waals surface area contributed by atoms with Gasteiger partial charge in [-0.15, -0.1) is 0 Å². The average molecular weight is 409 g/mol. The van der Waals surface area contributed by atoms with E-state index in [1.165, 1.54) is 0 Å². The molecule has 24 heavy (non-hydrogen) atoms. The van der Waals surface area contributed by atoms with Crippen LogP contribution in [0.1, 0.15) is 12.0 Å². The number of hydrogen-bond acceptors (Lipinski definition) is 3. The average Bonchev–Trinajstić information content (AvgIpc) is 3.17. The molecule has 3 aromatic rings. The molecule has 0 aliphatic rings. The quantitative estimate of drug-likeness (QED) is 0.678. The monoisotopic (exact) mass is 407 g/mol. The fourth-order valence-corrected chi connectivity index (χ4v) is 2.72. The number of carbonyl (C=O) groups is 1. The Morgan fingerprint density at radius 3 is 2.83 bits per heavy atom. The Kier molecular flexibility index (Phi) is 5.32. The second-order valence-electron chi connectivity index (χ2n) is 5.21. The molecule has 0 spiro atoms. The number of anilines is 1. The van der Waals surface area contributed by atoms with Crippen LogP contribution in [-0.4, -0.2) is 25.5 Å². The first kappa shape index (κ1) is 16.7. The fraction of sp³-hybridized carbons (Fsp3) is 0.188. The molecule has 124 valence electrons. The van der Waals surface area contributed by atoms with Crippen LogP contribution in [0.25, 0.3) is 0 Å². The molecule has 2 heterocycles. The normalized spacial score (nSPS) is 10.8. The van der Waals surface area contributed by atoms with Crippen molar-refractivity contribution in [1.82, 2.24) is 19.6 Å². The zero-order chi connectivity index (χ0) is 16.9. The van der Waals surface area contributed by atoms with Crippen LogP contribution in [0.2, 0.25) is 5.02 Å². The summed E-state index contributed by atoms with van der Waals surface area (Å²) in [5.74, 6) is 0.415. The Balaban J connectivity index is 1.53. The van der Waals surface area contributed by atoms with Gasteiger partial charge in [0.15, 0.2) is 5.82 Å². The van der Waals surface area contributed by atoms with Crippen LogP contribution in [-0.2, 0) is 17.9 Å². The highest BCUT2D eigenvalue weighted by molar-refractivity contribution is 9.10. The van der Waals surface area contributed by atoms with Gasteiger partial charge in [-0.25, -0.2) is 0 Å². The lowest BCUT2D eigenvalue weighted by atomic mass is 10.2. The first-order valence-corrected chi connectivity index (χ1v) is 8.52. The van der Waals surface area contributed by atoms with Gasteiger partial charge in [-0.3, -0.25) is 14.2 Å². The van der Waals surface area contributed by atoms with E-state index >= 15 is 0 Å². The van der Waals surface area contributed by atoms with Gasteiger partial charge < -0.3 is 5.32 Å². The SMILES string of the molecule is O=C(CCn1cc(Br)cn1)Nc1ccn(Cc2ccccc2Cl)n1. The molecule has 0 saturated carbocycles. The number of nitrogens with one attached hydrogen (secondary N) is 1. The molecule has 1 aromatic carbocycles. The van der Waals surface area contributed by atoms with E-state index < -0.39 is 0 Å². The highest BCUT2D eigenvalue weighted by atomic mass is 79.9. The molecule has 6 nitrogen and oxygen atoms in total. The largest absolute Gasteiger partial charge is 0.309 e. The number of nitrogens with zero attached hydrogens (tertiary/aromatic N) is 4. The standard InChI is InChI=1S/C16H15BrClN5O/c17-13-9-19-22(11-13)8-6-16(24)20-15-5-7-23(21-15)10-12-3-1-2-4-14(12)18/h1-5,7,9,11H,6,8,10H2,(H,20,21,24). The van der Waals surface area contributed by atoms with Gasteiger partial charge in [0.25, 0.3) is 0 Å². The summed E-state index contributed by atoms with van der Waals surface area (Å²) in [5, 5.41) is 11.9. The summed E-state index contributed by atoms with van der Waals surface area (Å²) in [6.45, 7) is 1.06. The van der Waals surface area contributed by atoms with Gasteiger partial charge in [-0.05, 0) is 27.6 Å². The summed E-state index contributed by atoms with van der Waals surface area (Å²) in [4.78, 5) is 12.0. The predicted octanol–water partition coefficient (Wildman–Crippen LogP) is 3.57. The minimum Gasteiger partial charge on any atom is -0.309 e. The minimum absolute atomic E-state index is 0.107. The molecule has 0 atom stereocenters. The number of halogens is 2. The minimum atomic E-state index is -0.107. The van der Waals surface area contributed by atoms with Gasteiger partial charge in [0.05, 0.1) is 17.2 Å². The molecular formula is C16H15BrClN5O. The van der Waals surface area contributed by atoms with Gasteiger partial charge in [0.2, 0.25) is 5.91 Å². The van der Waals surface area contributed by atoms with Crippen molar-refractivity contribution in [1.29, 1.82) is 0 Å². The smallest absolute Gasteiger partial charge is 0.227 e. The molecule has 8 heteroatoms. The Hall–Kier alpha value is -2.12. The van der Waals surface area contributed by atoms with Gasteiger partial charge in [-0.1, -0.05) is 29.8 Å². The molecule has 1 N–H and O–H groups in total. The lowest BCUT2D eigenvalue weighted by Crippen LogP contribution is -2.15. The van der Waals surface area contributed by atoms with Crippen molar-refractivity contribution in [3.8, 4) is 0 Å². The van der Waals surface area contributed by atoms with Crippen molar-refractivity contribution in [2.24, 2.45) is 0 Å². The number of amides is 1. The summed E-state index contributed by atoms with van der Waals surface area (Å²) in [6.07, 6.45) is 5.65. The zero-order valence-corrected chi connectivity index (χ0v) is 15.0. The molecule has 0 unspecified atom stereocenters. The zero-order valence-electron chi connectivity index (χ0n) is 12.7. The van der Waals surface area contributed by atoms with Gasteiger partial charge in [-0.2, -0.15) is 10.2 Å². The molecule has 1 amide bonds. The second kappa shape index (κ2) is 7.63. The van der Waals surface area contributed by atoms with Gasteiger partial charge in [0.1, 0.15) is 0 Å². The van der Waals surface area contributed by atoms with E-state index in [0.29, 0.717) is 30.4 Å². The third-order valence-electron chi connectivity index (χ3n) is 3.37. The number of hydrogen-bond donors (Lipinski definition) is 1. The second-order valence-corrected chi connectivity index (χ2v) is 6.53. The van der Waals surface area contributed by atoms with E-state index in [4.69, 9.17) is 11.6 Å². The number of rotatable bonds is 6.